The molecule has 0 aliphatic carbocycles. The van der Waals surface area contributed by atoms with Crippen LogP contribution in [0.3, 0.4) is 0 Å². The summed E-state index contributed by atoms with van der Waals surface area (Å²) in [5.74, 6) is 0. The molecule has 0 saturated carbocycles. The summed E-state index contributed by atoms with van der Waals surface area (Å²) in [7, 11) is -1.53. The van der Waals surface area contributed by atoms with Gasteiger partial charge in [0.2, 0.25) is 0 Å². The van der Waals surface area contributed by atoms with Gasteiger partial charge in [-0.05, 0) is 36.4 Å². The molecule has 0 fully saturated rings. The van der Waals surface area contributed by atoms with E-state index in [9.17, 15) is 9.95 Å². The normalized spacial score (nSPS) is 10.5. The monoisotopic (exact) mass is 398 g/mol. The molecule has 0 aromatic heterocycles. The summed E-state index contributed by atoms with van der Waals surface area (Å²) in [5, 5.41) is 4.28. The predicted octanol–water partition coefficient (Wildman–Crippen LogP) is 4.87. The summed E-state index contributed by atoms with van der Waals surface area (Å²) in [6.07, 6.45) is 0. The van der Waals surface area contributed by atoms with Crippen LogP contribution in [0.15, 0.2) is 91.0 Å². The second kappa shape index (κ2) is 9.11. The molecule has 0 bridgehead atoms. The third-order valence-electron chi connectivity index (χ3n) is 3.82. The first-order valence-electron chi connectivity index (χ1n) is 7.65. The van der Waals surface area contributed by atoms with E-state index in [0.29, 0.717) is 0 Å². The summed E-state index contributed by atoms with van der Waals surface area (Å²) in [6, 6.07) is 32.6. The molecule has 122 valence electrons. The van der Waals surface area contributed by atoms with E-state index in [1.54, 1.807) is 0 Å². The average molecular weight is 400 g/mol. The summed E-state index contributed by atoms with van der Waals surface area (Å²) in [6.45, 7) is 2.41. The van der Waals surface area contributed by atoms with E-state index in [1.807, 2.05) is 0 Å². The van der Waals surface area contributed by atoms with Crippen molar-refractivity contribution >= 4 is 23.2 Å². The van der Waals surface area contributed by atoms with Crippen molar-refractivity contribution in [3.05, 3.63) is 91.0 Å². The molecule has 0 saturated heterocycles. The molecular weight excluding hydrogens is 382 g/mol. The van der Waals surface area contributed by atoms with Gasteiger partial charge in [0.1, 0.15) is 23.2 Å². The Morgan fingerprint density at radius 1 is 0.542 bits per heavy atom. The zero-order valence-electron chi connectivity index (χ0n) is 13.4. The summed E-state index contributed by atoms with van der Waals surface area (Å²) < 4.78 is 29.6. The van der Waals surface area contributed by atoms with Crippen LogP contribution < -0.4 is 15.9 Å². The number of hydrogen-bond acceptors (Lipinski definition) is 0. The van der Waals surface area contributed by atoms with Gasteiger partial charge in [0.05, 0.1) is 6.66 Å². The van der Waals surface area contributed by atoms with Gasteiger partial charge < -0.3 is 0 Å². The van der Waals surface area contributed by atoms with Crippen LogP contribution in [0.1, 0.15) is 0 Å². The van der Waals surface area contributed by atoms with Crippen molar-refractivity contribution in [3.8, 4) is 0 Å². The first-order chi connectivity index (χ1) is 11.5. The molecule has 3 rings (SSSR count). The Balaban J connectivity index is 0.000000471. The van der Waals surface area contributed by atoms with Gasteiger partial charge in [-0.3, -0.25) is 0 Å². The first-order valence-corrected chi connectivity index (χ1v) is 13.3. The van der Waals surface area contributed by atoms with Gasteiger partial charge in [-0.1, -0.05) is 54.6 Å². The zero-order chi connectivity index (χ0) is 17.4. The molecular formula is C19H18F3PZn. The van der Waals surface area contributed by atoms with Crippen LogP contribution in [-0.2, 0) is 17.4 Å². The standard InChI is InChI=1S/C19H18P.3FH.Zn/c1-20(17-11-5-2-6-12-17,18-13-7-3-8-14-18)19-15-9-4-10-16-19;;;;/h2-16H,1H3;3*1H;/q+1;;;;+2/p-3. The molecule has 0 unspecified atom stereocenters. The van der Waals surface area contributed by atoms with E-state index < -0.39 is 24.7 Å². The third-order valence-corrected chi connectivity index (χ3v) is 7.81. The van der Waals surface area contributed by atoms with E-state index in [2.05, 4.69) is 97.7 Å². The Kier molecular flexibility index (Phi) is 7.15. The second-order valence-electron chi connectivity index (χ2n) is 5.32. The second-order valence-corrected chi connectivity index (χ2v) is 10.1. The molecule has 5 heteroatoms. The number of hydrogen-bond donors (Lipinski definition) is 0. The Hall–Kier alpha value is -1.50. The van der Waals surface area contributed by atoms with E-state index in [-0.39, 0.29) is 0 Å². The van der Waals surface area contributed by atoms with Gasteiger partial charge in [0.15, 0.2) is 0 Å². The average Bonchev–Trinajstić information content (AvgIpc) is 2.63. The molecule has 0 spiro atoms. The fourth-order valence-electron chi connectivity index (χ4n) is 2.63. The maximum atomic E-state index is 9.88. The van der Waals surface area contributed by atoms with Crippen molar-refractivity contribution < 1.29 is 27.4 Å². The SMILES string of the molecule is C[P+](c1ccccc1)(c1ccccc1)c1ccccc1.[F][Zn-]([F])[F]. The van der Waals surface area contributed by atoms with Crippen LogP contribution in [0.2, 0.25) is 0 Å². The zero-order valence-corrected chi connectivity index (χ0v) is 17.3. The van der Waals surface area contributed by atoms with Crippen LogP contribution in [0, 0.1) is 0 Å². The van der Waals surface area contributed by atoms with Gasteiger partial charge >= 0.3 is 27.4 Å². The van der Waals surface area contributed by atoms with Crippen molar-refractivity contribution in [2.75, 3.05) is 6.66 Å². The molecule has 0 N–H and O–H groups in total. The molecule has 3 aromatic carbocycles. The predicted molar refractivity (Wildman–Crippen MR) is 94.4 cm³/mol. The van der Waals surface area contributed by atoms with Gasteiger partial charge in [0.25, 0.3) is 0 Å². The Morgan fingerprint density at radius 3 is 0.958 bits per heavy atom. The van der Waals surface area contributed by atoms with E-state index >= 15 is 0 Å². The third kappa shape index (κ3) is 4.75. The van der Waals surface area contributed by atoms with Crippen molar-refractivity contribution in [1.29, 1.82) is 0 Å². The van der Waals surface area contributed by atoms with Crippen LogP contribution in [0.25, 0.3) is 0 Å². The van der Waals surface area contributed by atoms with Crippen molar-refractivity contribution in [1.82, 2.24) is 0 Å². The molecule has 0 nitrogen and oxygen atoms in total. The van der Waals surface area contributed by atoms with Gasteiger partial charge in [-0.25, -0.2) is 0 Å². The Labute approximate surface area is 148 Å². The summed E-state index contributed by atoms with van der Waals surface area (Å²) in [5.41, 5.74) is 0. The van der Waals surface area contributed by atoms with E-state index in [1.165, 1.54) is 15.9 Å². The minimum atomic E-state index is -5.12. The topological polar surface area (TPSA) is 0 Å². The van der Waals surface area contributed by atoms with Crippen LogP contribution in [-0.4, -0.2) is 6.66 Å². The quantitative estimate of drug-likeness (QED) is 0.435. The van der Waals surface area contributed by atoms with Crippen molar-refractivity contribution in [3.63, 3.8) is 0 Å². The molecule has 0 aliphatic heterocycles. The molecule has 0 atom stereocenters. The first kappa shape index (κ1) is 18.8. The van der Waals surface area contributed by atoms with Gasteiger partial charge in [0, 0.05) is 0 Å². The fourth-order valence-corrected chi connectivity index (χ4v) is 5.83. The molecule has 0 amide bonds. The Morgan fingerprint density at radius 2 is 0.750 bits per heavy atom. The number of benzene rings is 3. The van der Waals surface area contributed by atoms with Crippen LogP contribution >= 0.6 is 7.26 Å². The van der Waals surface area contributed by atoms with Crippen LogP contribution in [0.4, 0.5) is 9.95 Å². The Bertz CT molecular complexity index is 622. The molecule has 0 aliphatic rings. The molecule has 3 aromatic rings. The maximum absolute atomic E-state index is 9.88. The fraction of sp³-hybridized carbons (Fsp3) is 0.0526. The molecule has 24 heavy (non-hydrogen) atoms. The summed E-state index contributed by atoms with van der Waals surface area (Å²) >= 11 is -5.12. The van der Waals surface area contributed by atoms with E-state index in [0.717, 1.165) is 0 Å². The van der Waals surface area contributed by atoms with Crippen molar-refractivity contribution in [2.24, 2.45) is 0 Å². The van der Waals surface area contributed by atoms with Gasteiger partial charge in [-0.2, -0.15) is 0 Å². The van der Waals surface area contributed by atoms with Crippen molar-refractivity contribution in [2.45, 2.75) is 0 Å². The number of halogens is 3. The molecule has 0 radical (unpaired) electrons. The van der Waals surface area contributed by atoms with E-state index in [4.69, 9.17) is 0 Å². The molecule has 0 heterocycles. The summed E-state index contributed by atoms with van der Waals surface area (Å²) in [4.78, 5) is 0. The number of rotatable bonds is 3. The van der Waals surface area contributed by atoms with Gasteiger partial charge in [-0.15, -0.1) is 0 Å². The van der Waals surface area contributed by atoms with Crippen LogP contribution in [0.5, 0.6) is 0 Å². The minimum absolute atomic E-state index is 1.43.